The first-order valence-corrected chi connectivity index (χ1v) is 4.99. The normalized spacial score (nSPS) is 11.8. The fourth-order valence-electron chi connectivity index (χ4n) is 1.39. The van der Waals surface area contributed by atoms with Crippen LogP contribution in [0.3, 0.4) is 0 Å². The lowest BCUT2D eigenvalue weighted by Gasteiger charge is -2.11. The van der Waals surface area contributed by atoms with Gasteiger partial charge in [0.25, 0.3) is 0 Å². The second-order valence-corrected chi connectivity index (χ2v) is 3.87. The Bertz CT molecular complexity index is 595. The van der Waals surface area contributed by atoms with Crippen LogP contribution < -0.4 is 5.73 Å². The highest BCUT2D eigenvalue weighted by Crippen LogP contribution is 2.42. The molecule has 0 spiro atoms. The summed E-state index contributed by atoms with van der Waals surface area (Å²) in [5.41, 5.74) is 4.17. The zero-order valence-corrected chi connectivity index (χ0v) is 9.38. The molecule has 3 N–H and O–H groups in total. The van der Waals surface area contributed by atoms with Crippen LogP contribution >= 0.6 is 11.6 Å². The van der Waals surface area contributed by atoms with Crippen molar-refractivity contribution in [2.45, 2.75) is 6.18 Å². The molecule has 0 fully saturated rings. The predicted octanol–water partition coefficient (Wildman–Crippen LogP) is 3.30. The van der Waals surface area contributed by atoms with E-state index in [2.05, 4.69) is 9.68 Å². The number of alkyl halides is 3. The van der Waals surface area contributed by atoms with Crippen molar-refractivity contribution in [3.8, 4) is 17.0 Å². The molecular formula is C10H6ClF3N2O2. The van der Waals surface area contributed by atoms with Crippen LogP contribution in [-0.2, 0) is 6.18 Å². The Morgan fingerprint density at radius 2 is 1.94 bits per heavy atom. The van der Waals surface area contributed by atoms with Crippen LogP contribution in [0.25, 0.3) is 11.3 Å². The lowest BCUT2D eigenvalue weighted by molar-refractivity contribution is -0.138. The SMILES string of the molecule is Nc1cc(-c2cc(Cl)c(O)c(C(F)(F)F)c2)no1. The molecule has 0 radical (unpaired) electrons. The van der Waals surface area contributed by atoms with E-state index < -0.39 is 22.5 Å². The van der Waals surface area contributed by atoms with E-state index in [0.717, 1.165) is 12.1 Å². The molecule has 2 aromatic rings. The van der Waals surface area contributed by atoms with Gasteiger partial charge in [-0.1, -0.05) is 16.8 Å². The number of rotatable bonds is 1. The maximum Gasteiger partial charge on any atom is 0.420 e. The van der Waals surface area contributed by atoms with Crippen molar-refractivity contribution in [1.82, 2.24) is 5.16 Å². The Morgan fingerprint density at radius 3 is 2.44 bits per heavy atom. The minimum atomic E-state index is -4.72. The zero-order valence-electron chi connectivity index (χ0n) is 8.62. The topological polar surface area (TPSA) is 72.3 Å². The third-order valence-electron chi connectivity index (χ3n) is 2.19. The van der Waals surface area contributed by atoms with Crippen molar-refractivity contribution in [1.29, 1.82) is 0 Å². The van der Waals surface area contributed by atoms with Crippen molar-refractivity contribution in [3.05, 3.63) is 28.8 Å². The lowest BCUT2D eigenvalue weighted by atomic mass is 10.1. The van der Waals surface area contributed by atoms with E-state index >= 15 is 0 Å². The molecule has 4 nitrogen and oxygen atoms in total. The van der Waals surface area contributed by atoms with Gasteiger partial charge in [-0.05, 0) is 12.1 Å². The Kier molecular flexibility index (Phi) is 2.86. The van der Waals surface area contributed by atoms with Crippen LogP contribution in [-0.4, -0.2) is 10.3 Å². The first-order valence-electron chi connectivity index (χ1n) is 4.61. The molecule has 0 saturated carbocycles. The molecule has 1 aromatic heterocycles. The van der Waals surface area contributed by atoms with Gasteiger partial charge in [-0.3, -0.25) is 0 Å². The molecule has 0 atom stereocenters. The fourth-order valence-corrected chi connectivity index (χ4v) is 1.61. The number of aromatic hydroxyl groups is 1. The highest BCUT2D eigenvalue weighted by Gasteiger charge is 2.35. The van der Waals surface area contributed by atoms with Crippen LogP contribution in [0.15, 0.2) is 22.7 Å². The van der Waals surface area contributed by atoms with Gasteiger partial charge in [0.15, 0.2) is 0 Å². The van der Waals surface area contributed by atoms with Crippen molar-refractivity contribution in [2.24, 2.45) is 0 Å². The van der Waals surface area contributed by atoms with Crippen molar-refractivity contribution >= 4 is 17.5 Å². The van der Waals surface area contributed by atoms with E-state index in [1.165, 1.54) is 6.07 Å². The summed E-state index contributed by atoms with van der Waals surface area (Å²) >= 11 is 5.54. The molecule has 0 bridgehead atoms. The molecule has 0 aliphatic carbocycles. The van der Waals surface area contributed by atoms with Gasteiger partial charge in [0.1, 0.15) is 11.4 Å². The molecule has 0 saturated heterocycles. The van der Waals surface area contributed by atoms with E-state index in [9.17, 15) is 18.3 Å². The van der Waals surface area contributed by atoms with Crippen molar-refractivity contribution in [2.75, 3.05) is 5.73 Å². The number of aromatic nitrogens is 1. The van der Waals surface area contributed by atoms with Gasteiger partial charge in [0, 0.05) is 11.6 Å². The molecule has 18 heavy (non-hydrogen) atoms. The maximum atomic E-state index is 12.6. The number of nitrogens with two attached hydrogens (primary N) is 1. The van der Waals surface area contributed by atoms with Gasteiger partial charge in [0.2, 0.25) is 5.88 Å². The molecule has 2 rings (SSSR count). The third kappa shape index (κ3) is 2.21. The van der Waals surface area contributed by atoms with Crippen LogP contribution in [0.4, 0.5) is 19.1 Å². The zero-order chi connectivity index (χ0) is 13.5. The number of benzene rings is 1. The molecule has 0 aliphatic heterocycles. The molecule has 0 aliphatic rings. The molecule has 96 valence electrons. The standard InChI is InChI=1S/C10H6ClF3N2O2/c11-6-2-4(7-3-8(15)18-16-7)1-5(9(6)17)10(12,13)14/h1-3,17H,15H2. The van der Waals surface area contributed by atoms with Crippen molar-refractivity contribution < 1.29 is 22.8 Å². The highest BCUT2D eigenvalue weighted by atomic mass is 35.5. The van der Waals surface area contributed by atoms with E-state index in [1.807, 2.05) is 0 Å². The molecular weight excluding hydrogens is 273 g/mol. The van der Waals surface area contributed by atoms with Gasteiger partial charge in [-0.15, -0.1) is 0 Å². The summed E-state index contributed by atoms with van der Waals surface area (Å²) in [5.74, 6) is -1.06. The second kappa shape index (κ2) is 4.09. The number of hydrogen-bond acceptors (Lipinski definition) is 4. The summed E-state index contributed by atoms with van der Waals surface area (Å²) in [6.07, 6.45) is -4.72. The number of phenols is 1. The average molecular weight is 279 g/mol. The van der Waals surface area contributed by atoms with Gasteiger partial charge < -0.3 is 15.4 Å². The number of nitrogen functional groups attached to an aromatic ring is 1. The van der Waals surface area contributed by atoms with Gasteiger partial charge >= 0.3 is 6.18 Å². The van der Waals surface area contributed by atoms with Gasteiger partial charge in [-0.25, -0.2) is 0 Å². The van der Waals surface area contributed by atoms with E-state index in [1.54, 1.807) is 0 Å². The lowest BCUT2D eigenvalue weighted by Crippen LogP contribution is -2.05. The Balaban J connectivity index is 2.61. The largest absolute Gasteiger partial charge is 0.506 e. The maximum absolute atomic E-state index is 12.6. The first kappa shape index (κ1) is 12.6. The van der Waals surface area contributed by atoms with Crippen LogP contribution in [0.2, 0.25) is 5.02 Å². The van der Waals surface area contributed by atoms with E-state index in [4.69, 9.17) is 17.3 Å². The Labute approximate surface area is 104 Å². The van der Waals surface area contributed by atoms with Crippen LogP contribution in [0, 0.1) is 0 Å². The number of nitrogens with zero attached hydrogens (tertiary/aromatic N) is 1. The molecule has 8 heteroatoms. The molecule has 1 aromatic carbocycles. The quantitative estimate of drug-likeness (QED) is 0.839. The van der Waals surface area contributed by atoms with Gasteiger partial charge in [0.05, 0.1) is 10.6 Å². The monoisotopic (exact) mass is 278 g/mol. The summed E-state index contributed by atoms with van der Waals surface area (Å²) in [6, 6.07) is 3.12. The minimum Gasteiger partial charge on any atom is -0.506 e. The van der Waals surface area contributed by atoms with Crippen LogP contribution in [0.5, 0.6) is 5.75 Å². The summed E-state index contributed by atoms with van der Waals surface area (Å²) < 4.78 is 42.5. The summed E-state index contributed by atoms with van der Waals surface area (Å²) in [7, 11) is 0. The predicted molar refractivity (Wildman–Crippen MR) is 58.0 cm³/mol. The Hall–Kier alpha value is -1.89. The van der Waals surface area contributed by atoms with Crippen LogP contribution in [0.1, 0.15) is 5.56 Å². The molecule has 0 unspecified atom stereocenters. The first-order chi connectivity index (χ1) is 8.29. The number of anilines is 1. The van der Waals surface area contributed by atoms with E-state index in [-0.39, 0.29) is 17.1 Å². The average Bonchev–Trinajstić information content (AvgIpc) is 2.67. The number of hydrogen-bond donors (Lipinski definition) is 2. The molecule has 1 heterocycles. The summed E-state index contributed by atoms with van der Waals surface area (Å²) in [4.78, 5) is 0. The second-order valence-electron chi connectivity index (χ2n) is 3.47. The van der Waals surface area contributed by atoms with Crippen molar-refractivity contribution in [3.63, 3.8) is 0 Å². The Morgan fingerprint density at radius 1 is 1.28 bits per heavy atom. The number of phenolic OH excluding ortho intramolecular Hbond substituents is 1. The summed E-state index contributed by atoms with van der Waals surface area (Å²) in [6.45, 7) is 0. The molecule has 0 amide bonds. The highest BCUT2D eigenvalue weighted by molar-refractivity contribution is 6.32. The number of halogens is 4. The smallest absolute Gasteiger partial charge is 0.420 e. The third-order valence-corrected chi connectivity index (χ3v) is 2.48. The fraction of sp³-hybridized carbons (Fsp3) is 0.100. The minimum absolute atomic E-state index is 0.0391. The van der Waals surface area contributed by atoms with Gasteiger partial charge in [-0.2, -0.15) is 13.2 Å². The summed E-state index contributed by atoms with van der Waals surface area (Å²) in [5, 5.41) is 12.3. The van der Waals surface area contributed by atoms with E-state index in [0.29, 0.717) is 0 Å².